The summed E-state index contributed by atoms with van der Waals surface area (Å²) in [5, 5.41) is 0. The Morgan fingerprint density at radius 2 is 0.767 bits per heavy atom. The zero-order chi connectivity index (χ0) is 23.0. The fourth-order valence-corrected chi connectivity index (χ4v) is 5.28. The molecule has 166 valence electrons. The normalized spacial score (nSPS) is 13.4. The van der Waals surface area contributed by atoms with E-state index in [2.05, 4.69) is 130 Å². The van der Waals surface area contributed by atoms with E-state index in [-0.39, 0.29) is 10.8 Å². The van der Waals surface area contributed by atoms with Crippen LogP contribution in [0, 0.1) is 10.8 Å². The highest BCUT2D eigenvalue weighted by atomic mass is 15.1. The van der Waals surface area contributed by atoms with Crippen molar-refractivity contribution in [2.45, 2.75) is 92.9 Å². The molecule has 1 heteroatoms. The van der Waals surface area contributed by atoms with Gasteiger partial charge in [-0.15, -0.1) is 0 Å². The third kappa shape index (κ3) is 6.62. The maximum absolute atomic E-state index is 2.36. The summed E-state index contributed by atoms with van der Waals surface area (Å²) >= 11 is 0. The molecule has 0 heterocycles. The van der Waals surface area contributed by atoms with Crippen LogP contribution in [0.5, 0.6) is 0 Å². The van der Waals surface area contributed by atoms with Crippen LogP contribution in [-0.4, -0.2) is 7.05 Å². The van der Waals surface area contributed by atoms with Crippen molar-refractivity contribution in [2.75, 3.05) is 11.9 Å². The molecule has 2 aromatic carbocycles. The zero-order valence-electron chi connectivity index (χ0n) is 21.5. The molecule has 0 fully saturated rings. The number of rotatable bonds is 6. The molecular weight excluding hydrogens is 362 g/mol. The lowest BCUT2D eigenvalue weighted by Gasteiger charge is -2.33. The molecule has 0 amide bonds. The highest BCUT2D eigenvalue weighted by molar-refractivity contribution is 5.63. The maximum Gasteiger partial charge on any atom is 0.0408 e. The third-order valence-electron chi connectivity index (χ3n) is 6.02. The van der Waals surface area contributed by atoms with Crippen LogP contribution < -0.4 is 4.90 Å². The van der Waals surface area contributed by atoms with Gasteiger partial charge in [0.1, 0.15) is 0 Å². The molecule has 0 atom stereocenters. The second-order valence-corrected chi connectivity index (χ2v) is 12.9. The molecule has 0 spiro atoms. The lowest BCUT2D eigenvalue weighted by molar-refractivity contribution is 0.283. The second kappa shape index (κ2) is 8.40. The van der Waals surface area contributed by atoms with Gasteiger partial charge in [0.15, 0.2) is 0 Å². The van der Waals surface area contributed by atoms with E-state index in [1.54, 1.807) is 0 Å². The monoisotopic (exact) mass is 407 g/mol. The molecular formula is C29H45N. The number of hydrogen-bond acceptors (Lipinski definition) is 1. The van der Waals surface area contributed by atoms with E-state index >= 15 is 0 Å². The van der Waals surface area contributed by atoms with Crippen molar-refractivity contribution in [2.24, 2.45) is 10.8 Å². The van der Waals surface area contributed by atoms with Crippen LogP contribution in [0.3, 0.4) is 0 Å². The van der Waals surface area contributed by atoms with Crippen molar-refractivity contribution in [3.05, 3.63) is 59.7 Å². The molecule has 0 aromatic heterocycles. The Kier molecular flexibility index (Phi) is 6.87. The van der Waals surface area contributed by atoms with Gasteiger partial charge in [-0.3, -0.25) is 0 Å². The van der Waals surface area contributed by atoms with Crippen molar-refractivity contribution in [1.29, 1.82) is 0 Å². The molecule has 0 radical (unpaired) electrons. The Hall–Kier alpha value is -1.76. The summed E-state index contributed by atoms with van der Waals surface area (Å²) in [5.74, 6) is 0. The van der Waals surface area contributed by atoms with Gasteiger partial charge in [0.25, 0.3) is 0 Å². The van der Waals surface area contributed by atoms with Gasteiger partial charge in [-0.1, -0.05) is 93.5 Å². The van der Waals surface area contributed by atoms with Gasteiger partial charge in [-0.05, 0) is 69.9 Å². The number of benzene rings is 2. The highest BCUT2D eigenvalue weighted by Crippen LogP contribution is 2.38. The molecule has 0 aliphatic carbocycles. The van der Waals surface area contributed by atoms with Crippen LogP contribution in [0.25, 0.3) is 0 Å². The van der Waals surface area contributed by atoms with Gasteiger partial charge in [0, 0.05) is 18.4 Å². The van der Waals surface area contributed by atoms with Crippen LogP contribution in [0.1, 0.15) is 93.2 Å². The second-order valence-electron chi connectivity index (χ2n) is 12.9. The smallest absolute Gasteiger partial charge is 0.0408 e. The molecule has 2 aromatic rings. The van der Waals surface area contributed by atoms with Crippen LogP contribution in [-0.2, 0) is 10.8 Å². The fraction of sp³-hybridized carbons (Fsp3) is 0.586. The van der Waals surface area contributed by atoms with E-state index in [1.807, 2.05) is 0 Å². The molecule has 0 aliphatic rings. The zero-order valence-corrected chi connectivity index (χ0v) is 21.5. The van der Waals surface area contributed by atoms with Gasteiger partial charge >= 0.3 is 0 Å². The van der Waals surface area contributed by atoms with Crippen LogP contribution >= 0.6 is 0 Å². The Bertz CT molecular complexity index is 737. The molecule has 0 saturated heterocycles. The SMILES string of the molecule is CN(c1ccc(C(C)(C)CC(C)(C)C)cc1)c1ccc(C(C)(C)CC(C)(C)C)cc1. The molecule has 2 rings (SSSR count). The Morgan fingerprint density at radius 3 is 1.00 bits per heavy atom. The molecule has 30 heavy (non-hydrogen) atoms. The van der Waals surface area contributed by atoms with Gasteiger partial charge in [-0.25, -0.2) is 0 Å². The molecule has 0 saturated carbocycles. The lowest BCUT2D eigenvalue weighted by atomic mass is 9.72. The Balaban J connectivity index is 2.18. The summed E-state index contributed by atoms with van der Waals surface area (Å²) in [5.41, 5.74) is 6.27. The van der Waals surface area contributed by atoms with E-state index in [4.69, 9.17) is 0 Å². The summed E-state index contributed by atoms with van der Waals surface area (Å²) in [4.78, 5) is 2.28. The van der Waals surface area contributed by atoms with Gasteiger partial charge in [0.05, 0.1) is 0 Å². The molecule has 1 nitrogen and oxygen atoms in total. The van der Waals surface area contributed by atoms with Crippen LogP contribution in [0.4, 0.5) is 11.4 Å². The van der Waals surface area contributed by atoms with E-state index in [0.29, 0.717) is 10.8 Å². The predicted octanol–water partition coefficient (Wildman–Crippen LogP) is 8.88. The highest BCUT2D eigenvalue weighted by Gasteiger charge is 2.28. The van der Waals surface area contributed by atoms with Crippen molar-refractivity contribution in [3.63, 3.8) is 0 Å². The van der Waals surface area contributed by atoms with Gasteiger partial charge in [-0.2, -0.15) is 0 Å². The lowest BCUT2D eigenvalue weighted by Crippen LogP contribution is -2.25. The average molecular weight is 408 g/mol. The van der Waals surface area contributed by atoms with Crippen LogP contribution in [0.15, 0.2) is 48.5 Å². The van der Waals surface area contributed by atoms with Crippen molar-refractivity contribution in [1.82, 2.24) is 0 Å². The molecule has 0 bridgehead atoms. The van der Waals surface area contributed by atoms with Gasteiger partial charge < -0.3 is 4.90 Å². The summed E-state index contributed by atoms with van der Waals surface area (Å²) < 4.78 is 0. The fourth-order valence-electron chi connectivity index (χ4n) is 5.28. The average Bonchev–Trinajstić information content (AvgIpc) is 2.57. The minimum Gasteiger partial charge on any atom is -0.345 e. The first-order chi connectivity index (χ1) is 13.5. The summed E-state index contributed by atoms with van der Waals surface area (Å²) in [6.07, 6.45) is 2.34. The van der Waals surface area contributed by atoms with Crippen LogP contribution in [0.2, 0.25) is 0 Å². The Morgan fingerprint density at radius 1 is 0.500 bits per heavy atom. The molecule has 0 aliphatic heterocycles. The number of hydrogen-bond donors (Lipinski definition) is 0. The maximum atomic E-state index is 2.36. The van der Waals surface area contributed by atoms with E-state index in [9.17, 15) is 0 Å². The minimum absolute atomic E-state index is 0.176. The summed E-state index contributed by atoms with van der Waals surface area (Å²) in [6, 6.07) is 18.3. The third-order valence-corrected chi connectivity index (χ3v) is 6.02. The van der Waals surface area contributed by atoms with Crippen molar-refractivity contribution >= 4 is 11.4 Å². The largest absolute Gasteiger partial charge is 0.345 e. The summed E-state index contributed by atoms with van der Waals surface area (Å²) in [7, 11) is 2.16. The van der Waals surface area contributed by atoms with Crippen molar-refractivity contribution < 1.29 is 0 Å². The first-order valence-electron chi connectivity index (χ1n) is 11.5. The van der Waals surface area contributed by atoms with Crippen molar-refractivity contribution in [3.8, 4) is 0 Å². The van der Waals surface area contributed by atoms with E-state index < -0.39 is 0 Å². The summed E-state index contributed by atoms with van der Waals surface area (Å²) in [6.45, 7) is 23.4. The topological polar surface area (TPSA) is 3.24 Å². The standard InChI is InChI=1S/C29H45N/c1-26(2,3)20-28(7,8)22-12-16-24(17-13-22)30(11)25-18-14-23(15-19-25)29(9,10)21-27(4,5)6/h12-19H,20-21H2,1-11H3. The number of anilines is 2. The first-order valence-corrected chi connectivity index (χ1v) is 11.5. The molecule has 0 N–H and O–H groups in total. The number of nitrogens with zero attached hydrogens (tertiary/aromatic N) is 1. The van der Waals surface area contributed by atoms with Gasteiger partial charge in [0.2, 0.25) is 0 Å². The quantitative estimate of drug-likeness (QED) is 0.462. The minimum atomic E-state index is 0.176. The Labute approximate surface area is 186 Å². The molecule has 0 unspecified atom stereocenters. The van der Waals surface area contributed by atoms with E-state index in [0.717, 1.165) is 0 Å². The van der Waals surface area contributed by atoms with E-state index in [1.165, 1.54) is 35.3 Å². The predicted molar refractivity (Wildman–Crippen MR) is 135 cm³/mol. The first kappa shape index (κ1) is 24.5.